The first-order valence-electron chi connectivity index (χ1n) is 8.01. The summed E-state index contributed by atoms with van der Waals surface area (Å²) in [6.07, 6.45) is 1.91. The van der Waals surface area contributed by atoms with Crippen LogP contribution in [-0.4, -0.2) is 38.9 Å². The van der Waals surface area contributed by atoms with Crippen molar-refractivity contribution in [2.75, 3.05) is 13.1 Å². The van der Waals surface area contributed by atoms with E-state index in [2.05, 4.69) is 16.4 Å². The normalized spacial score (nSPS) is 14.0. The molecule has 1 aliphatic rings. The van der Waals surface area contributed by atoms with Crippen molar-refractivity contribution in [3.63, 3.8) is 0 Å². The molecule has 1 fully saturated rings. The van der Waals surface area contributed by atoms with Gasteiger partial charge in [-0.25, -0.2) is 4.68 Å². The molecule has 3 aromatic rings. The number of benzene rings is 2. The van der Waals surface area contributed by atoms with Crippen LogP contribution in [0.15, 0.2) is 60.8 Å². The van der Waals surface area contributed by atoms with E-state index in [0.29, 0.717) is 24.2 Å². The van der Waals surface area contributed by atoms with Crippen LogP contribution in [0.25, 0.3) is 11.3 Å². The highest BCUT2D eigenvalue weighted by atomic mass is 16.2. The average molecular weight is 329 g/mol. The van der Waals surface area contributed by atoms with E-state index in [9.17, 15) is 4.79 Å². The standard InChI is InChI=1S/C19H15N5O/c20-10-14-5-4-8-16(9-14)19(25)23-11-17(12-23)24-13-18(21-22-24)15-6-2-1-3-7-15/h1-9,13,17H,11-12H2. The van der Waals surface area contributed by atoms with Crippen LogP contribution < -0.4 is 0 Å². The molecule has 122 valence electrons. The lowest BCUT2D eigenvalue weighted by atomic mass is 10.1. The third kappa shape index (κ3) is 2.88. The number of nitrogens with zero attached hydrogens (tertiary/aromatic N) is 5. The zero-order valence-corrected chi connectivity index (χ0v) is 13.4. The number of hydrogen-bond donors (Lipinski definition) is 0. The Bertz CT molecular complexity index is 951. The van der Waals surface area contributed by atoms with Crippen LogP contribution in [0.2, 0.25) is 0 Å². The number of likely N-dealkylation sites (tertiary alicyclic amines) is 1. The van der Waals surface area contributed by atoms with Crippen LogP contribution in [0.4, 0.5) is 0 Å². The Hall–Kier alpha value is -3.46. The van der Waals surface area contributed by atoms with E-state index in [4.69, 9.17) is 5.26 Å². The van der Waals surface area contributed by atoms with E-state index in [-0.39, 0.29) is 11.9 Å². The number of hydrogen-bond acceptors (Lipinski definition) is 4. The molecular weight excluding hydrogens is 314 g/mol. The van der Waals surface area contributed by atoms with E-state index in [1.165, 1.54) is 0 Å². The lowest BCUT2D eigenvalue weighted by molar-refractivity contribution is 0.0498. The van der Waals surface area contributed by atoms with Gasteiger partial charge in [-0.15, -0.1) is 5.10 Å². The number of aromatic nitrogens is 3. The summed E-state index contributed by atoms with van der Waals surface area (Å²) in [6, 6.07) is 18.8. The van der Waals surface area contributed by atoms with Gasteiger partial charge < -0.3 is 4.90 Å². The van der Waals surface area contributed by atoms with Gasteiger partial charge in [0.2, 0.25) is 0 Å². The summed E-state index contributed by atoms with van der Waals surface area (Å²) in [7, 11) is 0. The van der Waals surface area contributed by atoms with Gasteiger partial charge in [-0.05, 0) is 18.2 Å². The largest absolute Gasteiger partial charge is 0.334 e. The first-order chi connectivity index (χ1) is 12.2. The van der Waals surface area contributed by atoms with Gasteiger partial charge in [0.1, 0.15) is 5.69 Å². The second-order valence-electron chi connectivity index (χ2n) is 6.01. The lowest BCUT2D eigenvalue weighted by Gasteiger charge is -2.38. The van der Waals surface area contributed by atoms with Crippen LogP contribution in [0, 0.1) is 11.3 Å². The molecule has 0 spiro atoms. The lowest BCUT2D eigenvalue weighted by Crippen LogP contribution is -2.50. The van der Waals surface area contributed by atoms with Crippen molar-refractivity contribution in [3.8, 4) is 17.3 Å². The smallest absolute Gasteiger partial charge is 0.254 e. The number of rotatable bonds is 3. The Balaban J connectivity index is 1.43. The highest BCUT2D eigenvalue weighted by Crippen LogP contribution is 2.24. The molecule has 25 heavy (non-hydrogen) atoms. The minimum atomic E-state index is -0.0586. The van der Waals surface area contributed by atoms with E-state index < -0.39 is 0 Å². The summed E-state index contributed by atoms with van der Waals surface area (Å²) in [5, 5.41) is 17.4. The van der Waals surface area contributed by atoms with E-state index in [1.807, 2.05) is 41.2 Å². The van der Waals surface area contributed by atoms with Gasteiger partial charge in [-0.1, -0.05) is 41.6 Å². The zero-order chi connectivity index (χ0) is 17.2. The van der Waals surface area contributed by atoms with Crippen molar-refractivity contribution in [1.29, 1.82) is 5.26 Å². The molecule has 1 saturated heterocycles. The Labute approximate surface area is 144 Å². The van der Waals surface area contributed by atoms with Gasteiger partial charge in [0.25, 0.3) is 5.91 Å². The molecule has 0 N–H and O–H groups in total. The quantitative estimate of drug-likeness (QED) is 0.740. The van der Waals surface area contributed by atoms with Gasteiger partial charge in [-0.3, -0.25) is 4.79 Å². The van der Waals surface area contributed by atoms with Crippen molar-refractivity contribution in [3.05, 3.63) is 71.9 Å². The van der Waals surface area contributed by atoms with Gasteiger partial charge in [0.05, 0.1) is 23.9 Å². The number of carbonyl (C=O) groups excluding carboxylic acids is 1. The van der Waals surface area contributed by atoms with E-state index >= 15 is 0 Å². The van der Waals surface area contributed by atoms with Gasteiger partial charge in [0, 0.05) is 24.2 Å². The Kier molecular flexibility index (Phi) is 3.75. The first kappa shape index (κ1) is 15.1. The Morgan fingerprint density at radius 1 is 1.12 bits per heavy atom. The average Bonchev–Trinajstić information content (AvgIpc) is 3.11. The molecule has 1 aromatic heterocycles. The minimum absolute atomic E-state index is 0.0586. The summed E-state index contributed by atoms with van der Waals surface area (Å²) < 4.78 is 1.82. The molecule has 1 aliphatic heterocycles. The van der Waals surface area contributed by atoms with E-state index in [0.717, 1.165) is 11.3 Å². The molecule has 0 bridgehead atoms. The third-order valence-electron chi connectivity index (χ3n) is 4.34. The maximum Gasteiger partial charge on any atom is 0.254 e. The fourth-order valence-electron chi connectivity index (χ4n) is 2.89. The van der Waals surface area contributed by atoms with Crippen LogP contribution in [0.3, 0.4) is 0 Å². The fourth-order valence-corrected chi connectivity index (χ4v) is 2.89. The molecule has 6 heteroatoms. The molecule has 6 nitrogen and oxygen atoms in total. The van der Waals surface area contributed by atoms with Crippen molar-refractivity contribution in [1.82, 2.24) is 19.9 Å². The van der Waals surface area contributed by atoms with Crippen LogP contribution >= 0.6 is 0 Å². The summed E-state index contributed by atoms with van der Waals surface area (Å²) >= 11 is 0. The van der Waals surface area contributed by atoms with Crippen molar-refractivity contribution >= 4 is 5.91 Å². The molecule has 1 amide bonds. The first-order valence-corrected chi connectivity index (χ1v) is 8.01. The minimum Gasteiger partial charge on any atom is -0.334 e. The Morgan fingerprint density at radius 3 is 2.68 bits per heavy atom. The van der Waals surface area contributed by atoms with Gasteiger partial charge in [-0.2, -0.15) is 5.26 Å². The SMILES string of the molecule is N#Cc1cccc(C(=O)N2CC(n3cc(-c4ccccc4)nn3)C2)c1. The van der Waals surface area contributed by atoms with Gasteiger partial charge >= 0.3 is 0 Å². The van der Waals surface area contributed by atoms with Crippen molar-refractivity contribution < 1.29 is 4.79 Å². The van der Waals surface area contributed by atoms with E-state index in [1.54, 1.807) is 29.2 Å². The molecule has 0 unspecified atom stereocenters. The highest BCUT2D eigenvalue weighted by Gasteiger charge is 2.33. The van der Waals surface area contributed by atoms with Gasteiger partial charge in [0.15, 0.2) is 0 Å². The number of carbonyl (C=O) groups is 1. The summed E-state index contributed by atoms with van der Waals surface area (Å²) in [5.74, 6) is -0.0586. The predicted molar refractivity (Wildman–Crippen MR) is 91.6 cm³/mol. The maximum absolute atomic E-state index is 12.5. The summed E-state index contributed by atoms with van der Waals surface area (Å²) in [4.78, 5) is 14.2. The molecule has 0 saturated carbocycles. The zero-order valence-electron chi connectivity index (χ0n) is 13.4. The van der Waals surface area contributed by atoms with Crippen molar-refractivity contribution in [2.45, 2.75) is 6.04 Å². The molecule has 0 atom stereocenters. The summed E-state index contributed by atoms with van der Waals surface area (Å²) in [6.45, 7) is 1.18. The topological polar surface area (TPSA) is 74.8 Å². The fraction of sp³-hybridized carbons (Fsp3) is 0.158. The second kappa shape index (κ2) is 6.21. The highest BCUT2D eigenvalue weighted by molar-refractivity contribution is 5.95. The third-order valence-corrected chi connectivity index (χ3v) is 4.34. The Morgan fingerprint density at radius 2 is 1.92 bits per heavy atom. The van der Waals surface area contributed by atoms with Crippen molar-refractivity contribution in [2.24, 2.45) is 0 Å². The number of nitriles is 1. The molecule has 2 heterocycles. The number of amides is 1. The maximum atomic E-state index is 12.5. The van der Waals surface area contributed by atoms with Crippen LogP contribution in [-0.2, 0) is 0 Å². The van der Waals surface area contributed by atoms with Crippen LogP contribution in [0.5, 0.6) is 0 Å². The molecular formula is C19H15N5O. The molecule has 0 aliphatic carbocycles. The predicted octanol–water partition coefficient (Wildman–Crippen LogP) is 2.51. The second-order valence-corrected chi connectivity index (χ2v) is 6.01. The molecule has 4 rings (SSSR count). The molecule has 0 radical (unpaired) electrons. The monoisotopic (exact) mass is 329 g/mol. The summed E-state index contributed by atoms with van der Waals surface area (Å²) in [5.41, 5.74) is 2.88. The van der Waals surface area contributed by atoms with Crippen LogP contribution in [0.1, 0.15) is 22.0 Å². The molecule has 2 aromatic carbocycles.